The van der Waals surface area contributed by atoms with Crippen LogP contribution in [-0.4, -0.2) is 70.2 Å². The third kappa shape index (κ3) is 8.89. The number of hydrogen-bond acceptors (Lipinski definition) is 7. The molecule has 4 fully saturated rings. The van der Waals surface area contributed by atoms with Gasteiger partial charge in [0, 0.05) is 43.2 Å². The third-order valence-electron chi connectivity index (χ3n) is 11.0. The number of carbonyl (C=O) groups excluding carboxylic acids is 4. The maximum Gasteiger partial charge on any atom is 0.410 e. The molecule has 4 amide bonds. The van der Waals surface area contributed by atoms with Crippen LogP contribution in [0.15, 0.2) is 72.8 Å². The van der Waals surface area contributed by atoms with Crippen molar-refractivity contribution in [2.75, 3.05) is 28.6 Å². The molecule has 2 aliphatic carbocycles. The van der Waals surface area contributed by atoms with Crippen LogP contribution in [0.1, 0.15) is 71.9 Å². The highest BCUT2D eigenvalue weighted by Crippen LogP contribution is 2.50. The number of anilines is 3. The minimum Gasteiger partial charge on any atom is -0.444 e. The van der Waals surface area contributed by atoms with Gasteiger partial charge in [0.2, 0.25) is 11.8 Å². The highest BCUT2D eigenvalue weighted by atomic mass is 19.1. The van der Waals surface area contributed by atoms with Crippen molar-refractivity contribution in [2.45, 2.75) is 97.2 Å². The molecule has 4 aliphatic rings. The first-order valence-corrected chi connectivity index (χ1v) is 19.3. The van der Waals surface area contributed by atoms with Crippen molar-refractivity contribution in [2.24, 2.45) is 23.7 Å². The van der Waals surface area contributed by atoms with E-state index in [1.807, 2.05) is 90.1 Å². The Morgan fingerprint density at radius 2 is 1.11 bits per heavy atom. The zero-order chi connectivity index (χ0) is 39.2. The molecule has 292 valence electrons. The van der Waals surface area contributed by atoms with E-state index >= 15 is 0 Å². The van der Waals surface area contributed by atoms with Crippen molar-refractivity contribution in [3.63, 3.8) is 0 Å². The quantitative estimate of drug-likeness (QED) is 0.229. The molecule has 3 aromatic rings. The van der Waals surface area contributed by atoms with E-state index in [-0.39, 0.29) is 29.5 Å². The van der Waals surface area contributed by atoms with Crippen LogP contribution in [0.2, 0.25) is 0 Å². The van der Waals surface area contributed by atoms with Gasteiger partial charge >= 0.3 is 12.2 Å². The zero-order valence-corrected chi connectivity index (χ0v) is 32.5. The maximum absolute atomic E-state index is 13.9. The summed E-state index contributed by atoms with van der Waals surface area (Å²) in [5, 5.41) is 6.04. The van der Waals surface area contributed by atoms with Gasteiger partial charge in [0.15, 0.2) is 0 Å². The van der Waals surface area contributed by atoms with Crippen LogP contribution < -0.4 is 15.5 Å². The zero-order valence-electron chi connectivity index (χ0n) is 32.5. The Morgan fingerprint density at radius 3 is 1.55 bits per heavy atom. The Bertz CT molecular complexity index is 1910. The Labute approximate surface area is 322 Å². The van der Waals surface area contributed by atoms with Crippen molar-refractivity contribution in [1.29, 1.82) is 0 Å². The molecule has 12 heteroatoms. The molecule has 2 aliphatic heterocycles. The molecule has 7 rings (SSSR count). The van der Waals surface area contributed by atoms with Gasteiger partial charge in [-0.15, -0.1) is 0 Å². The average molecular weight is 754 g/mol. The van der Waals surface area contributed by atoms with Gasteiger partial charge in [0.05, 0.1) is 0 Å². The summed E-state index contributed by atoms with van der Waals surface area (Å²) < 4.78 is 25.1. The Kier molecular flexibility index (Phi) is 10.3. The van der Waals surface area contributed by atoms with Gasteiger partial charge in [-0.3, -0.25) is 19.4 Å². The van der Waals surface area contributed by atoms with E-state index in [0.717, 1.165) is 36.1 Å². The van der Waals surface area contributed by atoms with Crippen molar-refractivity contribution in [3.05, 3.63) is 89.7 Å². The number of hydrogen-bond donors (Lipinski definition) is 2. The summed E-state index contributed by atoms with van der Waals surface area (Å²) in [4.78, 5) is 58.2. The second-order valence-corrected chi connectivity index (χ2v) is 17.5. The number of amides is 4. The second-order valence-electron chi connectivity index (χ2n) is 17.5. The average Bonchev–Trinajstić information content (AvgIpc) is 3.66. The minimum atomic E-state index is -0.651. The lowest BCUT2D eigenvalue weighted by atomic mass is 9.73. The summed E-state index contributed by atoms with van der Waals surface area (Å²) in [5.74, 6) is 0.186. The molecule has 2 saturated heterocycles. The maximum atomic E-state index is 13.9. The summed E-state index contributed by atoms with van der Waals surface area (Å²) in [7, 11) is 0. The summed E-state index contributed by atoms with van der Waals surface area (Å²) >= 11 is 0. The lowest BCUT2D eigenvalue weighted by Gasteiger charge is -2.33. The molecule has 0 aromatic heterocycles. The van der Waals surface area contributed by atoms with E-state index < -0.39 is 35.5 Å². The van der Waals surface area contributed by atoms with Crippen LogP contribution in [0.4, 0.5) is 31.0 Å². The molecule has 2 heterocycles. The number of piperidine rings is 1. The molecule has 3 aromatic carbocycles. The lowest BCUT2D eigenvalue weighted by Crippen LogP contribution is -2.48. The van der Waals surface area contributed by atoms with E-state index in [2.05, 4.69) is 15.5 Å². The van der Waals surface area contributed by atoms with E-state index in [4.69, 9.17) is 9.47 Å². The number of nitrogens with zero attached hydrogens (tertiary/aromatic N) is 3. The predicted octanol–water partition coefficient (Wildman–Crippen LogP) is 7.81. The van der Waals surface area contributed by atoms with E-state index in [1.165, 1.54) is 12.1 Å². The van der Waals surface area contributed by atoms with Crippen molar-refractivity contribution < 1.29 is 33.0 Å². The number of rotatable bonds is 9. The van der Waals surface area contributed by atoms with Gasteiger partial charge in [-0.1, -0.05) is 24.3 Å². The SMILES string of the molecule is CC(C)(C)OC(=O)N1CC2CCC2C1C(=O)Nc1ccc(CN(Cc2ccc(NC(=O)C3C4CC4CN3C(=O)OC(C)(C)C)cc2)c2ccc(F)cc2)cc1. The number of halogens is 1. The smallest absolute Gasteiger partial charge is 0.410 e. The van der Waals surface area contributed by atoms with Crippen molar-refractivity contribution in [1.82, 2.24) is 9.80 Å². The highest BCUT2D eigenvalue weighted by molar-refractivity contribution is 5.98. The molecule has 0 spiro atoms. The first-order chi connectivity index (χ1) is 26.0. The fourth-order valence-corrected chi connectivity index (χ4v) is 8.14. The molecule has 55 heavy (non-hydrogen) atoms. The predicted molar refractivity (Wildman–Crippen MR) is 208 cm³/mol. The van der Waals surface area contributed by atoms with Crippen molar-refractivity contribution >= 4 is 41.1 Å². The van der Waals surface area contributed by atoms with Crippen LogP contribution in [0, 0.1) is 29.5 Å². The van der Waals surface area contributed by atoms with E-state index in [0.29, 0.717) is 49.4 Å². The van der Waals surface area contributed by atoms with Gasteiger partial charge in [-0.05, 0) is 144 Å². The van der Waals surface area contributed by atoms with Gasteiger partial charge < -0.3 is 25.0 Å². The summed E-state index contributed by atoms with van der Waals surface area (Å²) in [5.41, 5.74) is 2.76. The summed E-state index contributed by atoms with van der Waals surface area (Å²) in [6, 6.07) is 20.4. The Hall–Kier alpha value is -5.13. The molecule has 6 atom stereocenters. The largest absolute Gasteiger partial charge is 0.444 e. The topological polar surface area (TPSA) is 121 Å². The number of carbonyl (C=O) groups is 4. The monoisotopic (exact) mass is 753 g/mol. The standard InChI is InChI=1S/C43H52FN5O6/c1-42(2,3)54-40(52)48-24-28-11-20-34(28)36(48)38(50)45-31-14-7-26(8-15-31)22-47(33-18-12-30(44)13-19-33)23-27-9-16-32(17-10-27)46-39(51)37-35-21-29(35)25-49(37)41(53)55-43(4,5)6/h7-10,12-19,28-29,34-37H,11,20-25H2,1-6H3,(H,45,50)(H,46,51). The Morgan fingerprint density at radius 1 is 0.655 bits per heavy atom. The van der Waals surface area contributed by atoms with Gasteiger partial charge in [-0.2, -0.15) is 0 Å². The van der Waals surface area contributed by atoms with Gasteiger partial charge in [0.1, 0.15) is 29.1 Å². The molecule has 2 N–H and O–H groups in total. The van der Waals surface area contributed by atoms with E-state index in [9.17, 15) is 23.6 Å². The number of ether oxygens (including phenoxy) is 2. The summed E-state index contributed by atoms with van der Waals surface area (Å²) in [6.07, 6.45) is 1.93. The highest BCUT2D eigenvalue weighted by Gasteiger charge is 2.58. The first kappa shape index (κ1) is 38.2. The number of benzene rings is 3. The fourth-order valence-electron chi connectivity index (χ4n) is 8.14. The van der Waals surface area contributed by atoms with Crippen LogP contribution in [0.3, 0.4) is 0 Å². The van der Waals surface area contributed by atoms with Crippen molar-refractivity contribution in [3.8, 4) is 0 Å². The molecule has 6 unspecified atom stereocenters. The summed E-state index contributed by atoms with van der Waals surface area (Å²) in [6.45, 7) is 13.0. The first-order valence-electron chi connectivity index (χ1n) is 19.3. The van der Waals surface area contributed by atoms with Crippen LogP contribution in [0.5, 0.6) is 0 Å². The number of likely N-dealkylation sites (tertiary alicyclic amines) is 2. The fraction of sp³-hybridized carbons (Fsp3) is 0.488. The number of nitrogens with one attached hydrogen (secondary N) is 2. The van der Waals surface area contributed by atoms with Crippen LogP contribution in [0.25, 0.3) is 0 Å². The lowest BCUT2D eigenvalue weighted by molar-refractivity contribution is -0.122. The van der Waals surface area contributed by atoms with Crippen LogP contribution in [-0.2, 0) is 32.2 Å². The molecule has 0 radical (unpaired) electrons. The third-order valence-corrected chi connectivity index (χ3v) is 11.0. The molecule has 2 saturated carbocycles. The molecule has 11 nitrogen and oxygen atoms in total. The molecule has 0 bridgehead atoms. The molecular weight excluding hydrogens is 702 g/mol. The van der Waals surface area contributed by atoms with Gasteiger partial charge in [-0.25, -0.2) is 14.0 Å². The molecular formula is C43H52FN5O6. The van der Waals surface area contributed by atoms with Crippen LogP contribution >= 0.6 is 0 Å². The van der Waals surface area contributed by atoms with E-state index in [1.54, 1.807) is 21.9 Å². The minimum absolute atomic E-state index is 0.133. The second kappa shape index (κ2) is 14.8. The normalized spacial score (nSPS) is 23.9. The Balaban J connectivity index is 0.991. The van der Waals surface area contributed by atoms with Gasteiger partial charge in [0.25, 0.3) is 0 Å². The number of fused-ring (bicyclic) bond motifs is 2.